The van der Waals surface area contributed by atoms with Crippen LogP contribution in [0, 0.1) is 0 Å². The van der Waals surface area contributed by atoms with E-state index in [1.54, 1.807) is 0 Å². The van der Waals surface area contributed by atoms with Gasteiger partial charge in [0.15, 0.2) is 0 Å². The van der Waals surface area contributed by atoms with Crippen molar-refractivity contribution in [1.82, 2.24) is 10.3 Å². The van der Waals surface area contributed by atoms with Gasteiger partial charge in [-0.1, -0.05) is 6.07 Å². The van der Waals surface area contributed by atoms with Crippen molar-refractivity contribution in [3.05, 3.63) is 29.1 Å². The zero-order valence-corrected chi connectivity index (χ0v) is 7.60. The molecule has 70 valence electrons. The van der Waals surface area contributed by atoms with Crippen LogP contribution < -0.4 is 5.32 Å². The van der Waals surface area contributed by atoms with E-state index in [1.165, 1.54) is 6.07 Å². The summed E-state index contributed by atoms with van der Waals surface area (Å²) in [5.74, 6) is -0.968. The fraction of sp³-hybridized carbons (Fsp3) is 0.250. The van der Waals surface area contributed by atoms with Gasteiger partial charge in [-0.3, -0.25) is 0 Å². The molecule has 1 aliphatic heterocycles. The SMILES string of the molecule is Cl.O=C(O)c1ccc2c(n1)CNC2. The highest BCUT2D eigenvalue weighted by atomic mass is 35.5. The van der Waals surface area contributed by atoms with Crippen LogP contribution in [-0.4, -0.2) is 16.1 Å². The zero-order valence-electron chi connectivity index (χ0n) is 6.78. The lowest BCUT2D eigenvalue weighted by atomic mass is 10.2. The Bertz CT molecular complexity index is 341. The molecule has 0 saturated carbocycles. The van der Waals surface area contributed by atoms with E-state index in [0.717, 1.165) is 17.8 Å². The molecule has 2 N–H and O–H groups in total. The van der Waals surface area contributed by atoms with E-state index in [-0.39, 0.29) is 18.1 Å². The summed E-state index contributed by atoms with van der Waals surface area (Å²) in [6.45, 7) is 1.47. The number of aromatic nitrogens is 1. The smallest absolute Gasteiger partial charge is 0.354 e. The number of fused-ring (bicyclic) bond motifs is 1. The van der Waals surface area contributed by atoms with Crippen LogP contribution in [0.3, 0.4) is 0 Å². The van der Waals surface area contributed by atoms with Crippen molar-refractivity contribution >= 4 is 18.4 Å². The first-order chi connectivity index (χ1) is 5.77. The molecular weight excluding hydrogens is 192 g/mol. The standard InChI is InChI=1S/C8H8N2O2.ClH/c11-8(12)6-2-1-5-3-9-4-7(5)10-6;/h1-2,9H,3-4H2,(H,11,12);1H. The second kappa shape index (κ2) is 3.72. The summed E-state index contributed by atoms with van der Waals surface area (Å²) in [6, 6.07) is 3.35. The summed E-state index contributed by atoms with van der Waals surface area (Å²) >= 11 is 0. The van der Waals surface area contributed by atoms with Crippen LogP contribution in [0.2, 0.25) is 0 Å². The minimum atomic E-state index is -0.968. The number of carboxylic acids is 1. The molecular formula is C8H9ClN2O2. The minimum Gasteiger partial charge on any atom is -0.477 e. The number of aromatic carboxylic acids is 1. The van der Waals surface area contributed by atoms with Crippen molar-refractivity contribution in [2.24, 2.45) is 0 Å². The number of hydrogen-bond donors (Lipinski definition) is 2. The van der Waals surface area contributed by atoms with Gasteiger partial charge in [0.1, 0.15) is 5.69 Å². The largest absolute Gasteiger partial charge is 0.477 e. The van der Waals surface area contributed by atoms with Crippen molar-refractivity contribution in [1.29, 1.82) is 0 Å². The first-order valence-electron chi connectivity index (χ1n) is 3.70. The lowest BCUT2D eigenvalue weighted by Gasteiger charge is -1.97. The van der Waals surface area contributed by atoms with Crippen LogP contribution in [0.4, 0.5) is 0 Å². The predicted molar refractivity (Wildman–Crippen MR) is 49.0 cm³/mol. The van der Waals surface area contributed by atoms with Gasteiger partial charge in [-0.15, -0.1) is 12.4 Å². The Balaban J connectivity index is 0.000000845. The van der Waals surface area contributed by atoms with Gasteiger partial charge in [0.25, 0.3) is 0 Å². The van der Waals surface area contributed by atoms with Crippen molar-refractivity contribution in [3.63, 3.8) is 0 Å². The number of nitrogens with one attached hydrogen (secondary N) is 1. The van der Waals surface area contributed by atoms with Gasteiger partial charge < -0.3 is 10.4 Å². The number of halogens is 1. The first kappa shape index (κ1) is 9.95. The summed E-state index contributed by atoms with van der Waals surface area (Å²) in [5.41, 5.74) is 2.08. The summed E-state index contributed by atoms with van der Waals surface area (Å²) < 4.78 is 0. The highest BCUT2D eigenvalue weighted by Crippen LogP contribution is 2.12. The molecule has 5 heteroatoms. The van der Waals surface area contributed by atoms with Crippen LogP contribution in [0.1, 0.15) is 21.7 Å². The molecule has 4 nitrogen and oxygen atoms in total. The number of nitrogens with zero attached hydrogens (tertiary/aromatic N) is 1. The van der Waals surface area contributed by atoms with Crippen LogP contribution in [0.25, 0.3) is 0 Å². The van der Waals surface area contributed by atoms with Gasteiger partial charge in [0, 0.05) is 13.1 Å². The monoisotopic (exact) mass is 200 g/mol. The normalized spacial score (nSPS) is 13.2. The summed E-state index contributed by atoms with van der Waals surface area (Å²) in [7, 11) is 0. The highest BCUT2D eigenvalue weighted by molar-refractivity contribution is 5.85. The Hall–Kier alpha value is -1.13. The van der Waals surface area contributed by atoms with Gasteiger partial charge in [-0.05, 0) is 11.6 Å². The second-order valence-corrected chi connectivity index (χ2v) is 2.71. The molecule has 0 saturated heterocycles. The highest BCUT2D eigenvalue weighted by Gasteiger charge is 2.13. The molecule has 0 spiro atoms. The number of carbonyl (C=O) groups is 1. The van der Waals surface area contributed by atoms with Gasteiger partial charge in [0.05, 0.1) is 5.69 Å². The third-order valence-electron chi connectivity index (χ3n) is 1.90. The minimum absolute atomic E-state index is 0. The second-order valence-electron chi connectivity index (χ2n) is 2.71. The Labute approximate surface area is 81.4 Å². The molecule has 13 heavy (non-hydrogen) atoms. The fourth-order valence-corrected chi connectivity index (χ4v) is 1.28. The van der Waals surface area contributed by atoms with Gasteiger partial charge in [-0.25, -0.2) is 9.78 Å². The first-order valence-corrected chi connectivity index (χ1v) is 3.70. The maximum atomic E-state index is 10.5. The van der Waals surface area contributed by atoms with E-state index in [0.29, 0.717) is 6.54 Å². The van der Waals surface area contributed by atoms with E-state index in [9.17, 15) is 4.79 Å². The van der Waals surface area contributed by atoms with Crippen molar-refractivity contribution in [2.75, 3.05) is 0 Å². The van der Waals surface area contributed by atoms with Crippen LogP contribution in [-0.2, 0) is 13.1 Å². The van der Waals surface area contributed by atoms with Gasteiger partial charge in [-0.2, -0.15) is 0 Å². The Kier molecular flexibility index (Phi) is 2.85. The molecule has 0 amide bonds. The maximum Gasteiger partial charge on any atom is 0.354 e. The molecule has 2 rings (SSSR count). The Morgan fingerprint density at radius 3 is 2.92 bits per heavy atom. The van der Waals surface area contributed by atoms with Crippen LogP contribution in [0.15, 0.2) is 12.1 Å². The molecule has 1 aromatic rings. The van der Waals surface area contributed by atoms with E-state index >= 15 is 0 Å². The average molecular weight is 201 g/mol. The molecule has 0 unspecified atom stereocenters. The molecule has 0 aliphatic carbocycles. The number of carboxylic acid groups (broad SMARTS) is 1. The topological polar surface area (TPSA) is 62.2 Å². The van der Waals surface area contributed by atoms with E-state index in [4.69, 9.17) is 5.11 Å². The number of pyridine rings is 1. The molecule has 1 aromatic heterocycles. The Morgan fingerprint density at radius 1 is 1.46 bits per heavy atom. The molecule has 2 heterocycles. The number of hydrogen-bond acceptors (Lipinski definition) is 3. The average Bonchev–Trinajstić information content (AvgIpc) is 2.49. The third-order valence-corrected chi connectivity index (χ3v) is 1.90. The summed E-state index contributed by atoms with van der Waals surface area (Å²) in [6.07, 6.45) is 0. The molecule has 1 aliphatic rings. The van der Waals surface area contributed by atoms with Crippen LogP contribution in [0.5, 0.6) is 0 Å². The molecule has 0 radical (unpaired) electrons. The lowest BCUT2D eigenvalue weighted by Crippen LogP contribution is -2.03. The maximum absolute atomic E-state index is 10.5. The predicted octanol–water partition coefficient (Wildman–Crippen LogP) is 0.805. The molecule has 0 aromatic carbocycles. The van der Waals surface area contributed by atoms with E-state index < -0.39 is 5.97 Å². The van der Waals surface area contributed by atoms with Crippen LogP contribution >= 0.6 is 12.4 Å². The lowest BCUT2D eigenvalue weighted by molar-refractivity contribution is 0.0690. The van der Waals surface area contributed by atoms with Gasteiger partial charge in [0.2, 0.25) is 0 Å². The number of rotatable bonds is 1. The molecule has 0 bridgehead atoms. The quantitative estimate of drug-likeness (QED) is 0.704. The summed E-state index contributed by atoms with van der Waals surface area (Å²) in [5, 5.41) is 11.7. The van der Waals surface area contributed by atoms with E-state index in [2.05, 4.69) is 10.3 Å². The molecule has 0 fully saturated rings. The Morgan fingerprint density at radius 2 is 2.23 bits per heavy atom. The third kappa shape index (κ3) is 1.79. The van der Waals surface area contributed by atoms with E-state index in [1.807, 2.05) is 6.07 Å². The zero-order chi connectivity index (χ0) is 8.55. The van der Waals surface area contributed by atoms with Crippen molar-refractivity contribution in [2.45, 2.75) is 13.1 Å². The fourth-order valence-electron chi connectivity index (χ4n) is 1.28. The van der Waals surface area contributed by atoms with Crippen molar-refractivity contribution in [3.8, 4) is 0 Å². The van der Waals surface area contributed by atoms with Gasteiger partial charge >= 0.3 is 5.97 Å². The molecule has 0 atom stereocenters. The van der Waals surface area contributed by atoms with Crippen molar-refractivity contribution < 1.29 is 9.90 Å². The summed E-state index contributed by atoms with van der Waals surface area (Å²) in [4.78, 5) is 14.5.